The molecule has 0 aromatic carbocycles. The molecule has 1 heterocycles. The lowest BCUT2D eigenvalue weighted by Gasteiger charge is -2.14. The average Bonchev–Trinajstić information content (AvgIpc) is 2.33. The summed E-state index contributed by atoms with van der Waals surface area (Å²) in [6.07, 6.45) is 5.35. The Balaban J connectivity index is 2.34. The lowest BCUT2D eigenvalue weighted by atomic mass is 9.86. The van der Waals surface area contributed by atoms with E-state index in [1.54, 1.807) is 6.08 Å². The largest absolute Gasteiger partial charge is 0.274 e. The zero-order valence-electron chi connectivity index (χ0n) is 6.56. The van der Waals surface area contributed by atoms with Crippen LogP contribution in [-0.4, -0.2) is 16.7 Å². The van der Waals surface area contributed by atoms with Gasteiger partial charge in [-0.2, -0.15) is 0 Å². The lowest BCUT2D eigenvalue weighted by molar-refractivity contribution is -0.136. The SMILES string of the molecule is [CH]N1C(=O)C2C=CCCC2C1=O. The second kappa shape index (κ2) is 2.44. The molecule has 0 aromatic heterocycles. The topological polar surface area (TPSA) is 37.4 Å². The molecule has 0 saturated carbocycles. The number of nitrogens with zero attached hydrogens (tertiary/aromatic N) is 1. The number of amides is 2. The minimum atomic E-state index is -0.281. The average molecular weight is 163 g/mol. The van der Waals surface area contributed by atoms with Crippen LogP contribution in [0.15, 0.2) is 12.2 Å². The molecule has 2 amide bonds. The number of carbonyl (C=O) groups excluding carboxylic acids is 2. The third-order valence-electron chi connectivity index (χ3n) is 2.50. The molecule has 2 radical (unpaired) electrons. The van der Waals surface area contributed by atoms with Crippen LogP contribution in [0.2, 0.25) is 0 Å². The van der Waals surface area contributed by atoms with Crippen molar-refractivity contribution in [1.82, 2.24) is 4.90 Å². The summed E-state index contributed by atoms with van der Waals surface area (Å²) in [5.74, 6) is -0.959. The molecule has 1 aliphatic carbocycles. The van der Waals surface area contributed by atoms with Gasteiger partial charge >= 0.3 is 0 Å². The molecule has 3 nitrogen and oxygen atoms in total. The van der Waals surface area contributed by atoms with Crippen LogP contribution < -0.4 is 0 Å². The first kappa shape index (κ1) is 7.53. The van der Waals surface area contributed by atoms with Crippen LogP contribution in [0.1, 0.15) is 12.8 Å². The summed E-state index contributed by atoms with van der Waals surface area (Å²) in [5.41, 5.74) is 0. The van der Waals surface area contributed by atoms with Gasteiger partial charge in [0.2, 0.25) is 11.8 Å². The summed E-state index contributed by atoms with van der Waals surface area (Å²) in [6.45, 7) is 0. The molecule has 2 atom stereocenters. The van der Waals surface area contributed by atoms with Gasteiger partial charge in [-0.25, -0.2) is 0 Å². The molecule has 0 bridgehead atoms. The molecule has 3 heteroatoms. The highest BCUT2D eigenvalue weighted by Gasteiger charge is 2.44. The van der Waals surface area contributed by atoms with Gasteiger partial charge in [-0.1, -0.05) is 12.2 Å². The Kier molecular flexibility index (Phi) is 1.53. The van der Waals surface area contributed by atoms with Gasteiger partial charge in [0.05, 0.1) is 18.9 Å². The number of likely N-dealkylation sites (tertiary alicyclic amines) is 1. The predicted molar refractivity (Wildman–Crippen MR) is 41.5 cm³/mol. The highest BCUT2D eigenvalue weighted by Crippen LogP contribution is 2.33. The normalized spacial score (nSPS) is 34.2. The number of hydrogen-bond acceptors (Lipinski definition) is 2. The molecule has 2 aliphatic rings. The van der Waals surface area contributed by atoms with Gasteiger partial charge in [-0.15, -0.1) is 0 Å². The number of fused-ring (bicyclic) bond motifs is 1. The minimum Gasteiger partial charge on any atom is -0.274 e. The Bertz CT molecular complexity index is 270. The van der Waals surface area contributed by atoms with E-state index in [1.807, 2.05) is 6.08 Å². The Hall–Kier alpha value is -1.12. The smallest absolute Gasteiger partial charge is 0.237 e. The van der Waals surface area contributed by atoms with Gasteiger partial charge in [0, 0.05) is 0 Å². The van der Waals surface area contributed by atoms with E-state index in [9.17, 15) is 9.59 Å². The van der Waals surface area contributed by atoms with Crippen molar-refractivity contribution in [2.45, 2.75) is 12.8 Å². The van der Waals surface area contributed by atoms with Crippen molar-refractivity contribution in [3.05, 3.63) is 19.2 Å². The van der Waals surface area contributed by atoms with Crippen LogP contribution in [0.5, 0.6) is 0 Å². The number of carbonyl (C=O) groups is 2. The third kappa shape index (κ3) is 0.823. The van der Waals surface area contributed by atoms with Crippen LogP contribution in [0.3, 0.4) is 0 Å². The lowest BCUT2D eigenvalue weighted by Crippen LogP contribution is -2.23. The summed E-state index contributed by atoms with van der Waals surface area (Å²) in [5, 5.41) is 0. The van der Waals surface area contributed by atoms with Crippen molar-refractivity contribution in [2.75, 3.05) is 0 Å². The molecule has 1 aliphatic heterocycles. The molecule has 1 fully saturated rings. The Morgan fingerprint density at radius 2 is 2.17 bits per heavy atom. The predicted octanol–water partition coefficient (Wildman–Crippen LogP) is 0.606. The summed E-state index contributed by atoms with van der Waals surface area (Å²) in [4.78, 5) is 23.3. The van der Waals surface area contributed by atoms with Gasteiger partial charge in [0.1, 0.15) is 0 Å². The maximum Gasteiger partial charge on any atom is 0.237 e. The van der Waals surface area contributed by atoms with E-state index in [0.717, 1.165) is 17.7 Å². The first-order valence-electron chi connectivity index (χ1n) is 4.01. The summed E-state index contributed by atoms with van der Waals surface area (Å²) >= 11 is 0. The van der Waals surface area contributed by atoms with Gasteiger partial charge in [-0.05, 0) is 12.8 Å². The molecular weight excluding hydrogens is 154 g/mol. The number of imide groups is 1. The van der Waals surface area contributed by atoms with Crippen molar-refractivity contribution in [3.63, 3.8) is 0 Å². The Morgan fingerprint density at radius 1 is 1.42 bits per heavy atom. The zero-order valence-corrected chi connectivity index (χ0v) is 6.56. The molecule has 2 rings (SSSR count). The molecule has 12 heavy (non-hydrogen) atoms. The fourth-order valence-electron chi connectivity index (χ4n) is 1.81. The van der Waals surface area contributed by atoms with E-state index in [1.165, 1.54) is 0 Å². The van der Waals surface area contributed by atoms with Gasteiger partial charge in [0.15, 0.2) is 0 Å². The quantitative estimate of drug-likeness (QED) is 0.387. The fourth-order valence-corrected chi connectivity index (χ4v) is 1.81. The monoisotopic (exact) mass is 163 g/mol. The molecular formula is C9H9NO2. The second-order valence-corrected chi connectivity index (χ2v) is 3.18. The van der Waals surface area contributed by atoms with Crippen molar-refractivity contribution in [3.8, 4) is 0 Å². The first-order chi connectivity index (χ1) is 5.72. The van der Waals surface area contributed by atoms with E-state index in [4.69, 9.17) is 7.05 Å². The van der Waals surface area contributed by atoms with Crippen LogP contribution >= 0.6 is 0 Å². The van der Waals surface area contributed by atoms with Crippen LogP contribution in [0.25, 0.3) is 0 Å². The third-order valence-corrected chi connectivity index (χ3v) is 2.50. The maximum atomic E-state index is 11.3. The highest BCUT2D eigenvalue weighted by atomic mass is 16.2. The number of allylic oxidation sites excluding steroid dienone is 1. The summed E-state index contributed by atoms with van der Waals surface area (Å²) in [6, 6.07) is 0. The van der Waals surface area contributed by atoms with Gasteiger partial charge in [-0.3, -0.25) is 14.5 Å². The molecule has 0 spiro atoms. The zero-order chi connectivity index (χ0) is 8.72. The van der Waals surface area contributed by atoms with Crippen molar-refractivity contribution >= 4 is 11.8 Å². The molecule has 62 valence electrons. The number of rotatable bonds is 0. The maximum absolute atomic E-state index is 11.3. The van der Waals surface area contributed by atoms with E-state index >= 15 is 0 Å². The van der Waals surface area contributed by atoms with E-state index in [0.29, 0.717) is 0 Å². The van der Waals surface area contributed by atoms with E-state index in [2.05, 4.69) is 0 Å². The van der Waals surface area contributed by atoms with Gasteiger partial charge in [0.25, 0.3) is 0 Å². The Morgan fingerprint density at radius 3 is 2.83 bits per heavy atom. The van der Waals surface area contributed by atoms with E-state index in [-0.39, 0.29) is 23.7 Å². The van der Waals surface area contributed by atoms with Crippen LogP contribution in [-0.2, 0) is 9.59 Å². The van der Waals surface area contributed by atoms with Crippen LogP contribution in [0, 0.1) is 18.9 Å². The van der Waals surface area contributed by atoms with Gasteiger partial charge < -0.3 is 0 Å². The molecule has 1 saturated heterocycles. The summed E-state index contributed by atoms with van der Waals surface area (Å²) < 4.78 is 0. The standard InChI is InChI=1S/C9H9NO2/c1-10-8(11)6-4-2-3-5-7(6)9(10)12/h1-2,4,6-7H,3,5H2. The van der Waals surface area contributed by atoms with Crippen molar-refractivity contribution in [2.24, 2.45) is 11.8 Å². The van der Waals surface area contributed by atoms with Crippen molar-refractivity contribution < 1.29 is 9.59 Å². The molecule has 0 N–H and O–H groups in total. The second-order valence-electron chi connectivity index (χ2n) is 3.18. The van der Waals surface area contributed by atoms with E-state index < -0.39 is 0 Å². The highest BCUT2D eigenvalue weighted by molar-refractivity contribution is 6.06. The minimum absolute atomic E-state index is 0.188. The summed E-state index contributed by atoms with van der Waals surface area (Å²) in [7, 11) is 5.28. The first-order valence-corrected chi connectivity index (χ1v) is 4.01. The number of hydrogen-bond donors (Lipinski definition) is 0. The molecule has 2 unspecified atom stereocenters. The van der Waals surface area contributed by atoms with Crippen LogP contribution in [0.4, 0.5) is 0 Å². The molecule has 0 aromatic rings. The fraction of sp³-hybridized carbons (Fsp3) is 0.444. The Labute approximate surface area is 71.0 Å². The van der Waals surface area contributed by atoms with Crippen molar-refractivity contribution in [1.29, 1.82) is 0 Å².